The second kappa shape index (κ2) is 11.1. The van der Waals surface area contributed by atoms with Crippen molar-refractivity contribution in [3.63, 3.8) is 0 Å². The van der Waals surface area contributed by atoms with Crippen LogP contribution in [0.3, 0.4) is 0 Å². The highest BCUT2D eigenvalue weighted by Gasteiger charge is 2.08. The predicted octanol–water partition coefficient (Wildman–Crippen LogP) is 1.63. The van der Waals surface area contributed by atoms with Gasteiger partial charge in [-0.25, -0.2) is 22.5 Å². The number of nitrogen functional groups attached to an aromatic ring is 1. The Morgan fingerprint density at radius 3 is 2.28 bits per heavy atom. The molecule has 0 aliphatic carbocycles. The van der Waals surface area contributed by atoms with Gasteiger partial charge in [0.15, 0.2) is 12.4 Å². The molecule has 12 nitrogen and oxygen atoms in total. The molecule has 0 aliphatic heterocycles. The molecule has 0 aliphatic rings. The zero-order valence-electron chi connectivity index (χ0n) is 17.6. The highest BCUT2D eigenvalue weighted by Crippen LogP contribution is 2.25. The fourth-order valence-corrected chi connectivity index (χ4v) is 2.29. The quantitative estimate of drug-likeness (QED) is 0.190. The Bertz CT molecular complexity index is 1170. The van der Waals surface area contributed by atoms with Crippen LogP contribution in [0.25, 0.3) is 0 Å². The van der Waals surface area contributed by atoms with E-state index in [2.05, 4.69) is 24.2 Å². The van der Waals surface area contributed by atoms with Crippen LogP contribution in [-0.4, -0.2) is 42.9 Å². The number of pyridine rings is 1. The fraction of sp³-hybridized carbons (Fsp3) is 0.211. The molecule has 32 heavy (non-hydrogen) atoms. The molecule has 2 N–H and O–H groups in total. The van der Waals surface area contributed by atoms with Gasteiger partial charge in [0.2, 0.25) is 10.4 Å². The van der Waals surface area contributed by atoms with Gasteiger partial charge < -0.3 is 15.0 Å². The Hall–Kier alpha value is -3.68. The lowest BCUT2D eigenvalue weighted by Gasteiger charge is -2.03. The molecule has 0 radical (unpaired) electrons. The second-order valence-electron chi connectivity index (χ2n) is 6.26. The number of azo groups is 1. The molecule has 3 aromatic rings. The number of nitrogens with two attached hydrogens (primary N) is 1. The number of hydrogen-bond acceptors (Lipinski definition) is 10. The van der Waals surface area contributed by atoms with E-state index < -0.39 is 16.4 Å². The van der Waals surface area contributed by atoms with Gasteiger partial charge in [-0.2, -0.15) is 10.2 Å². The van der Waals surface area contributed by atoms with Gasteiger partial charge in [-0.1, -0.05) is 0 Å². The monoisotopic (exact) mass is 462 g/mol. The second-order valence-corrected chi connectivity index (χ2v) is 7.41. The van der Waals surface area contributed by atoms with Crippen molar-refractivity contribution in [1.29, 1.82) is 0 Å². The van der Waals surface area contributed by atoms with Crippen molar-refractivity contribution in [2.45, 2.75) is 6.54 Å². The first kappa shape index (κ1) is 24.6. The van der Waals surface area contributed by atoms with Gasteiger partial charge in [-0.05, 0) is 29.8 Å². The number of methoxy groups -OCH3 is 1. The third kappa shape index (κ3) is 7.54. The van der Waals surface area contributed by atoms with Crippen LogP contribution in [0, 0.1) is 0 Å². The van der Waals surface area contributed by atoms with Crippen molar-refractivity contribution in [3.8, 4) is 0 Å². The molecular weight excluding hydrogens is 440 g/mol. The number of carbonyl (C=O) groups is 1. The minimum atomic E-state index is -4.41. The fourth-order valence-electron chi connectivity index (χ4n) is 2.29. The number of rotatable bonds is 6. The number of aromatic nitrogens is 3. The maximum Gasteiger partial charge on any atom is 0.337 e. The third-order valence-corrected chi connectivity index (χ3v) is 4.41. The normalized spacial score (nSPS) is 11.1. The maximum atomic E-state index is 11.4. The summed E-state index contributed by atoms with van der Waals surface area (Å²) in [5, 5.41) is 12.5. The van der Waals surface area contributed by atoms with Gasteiger partial charge in [-0.15, -0.1) is 5.11 Å². The van der Waals surface area contributed by atoms with Crippen molar-refractivity contribution in [2.75, 3.05) is 20.0 Å². The van der Waals surface area contributed by atoms with E-state index in [9.17, 15) is 17.8 Å². The van der Waals surface area contributed by atoms with Gasteiger partial charge in [0.25, 0.3) is 0 Å². The van der Waals surface area contributed by atoms with Gasteiger partial charge in [-0.3, -0.25) is 4.18 Å². The maximum absolute atomic E-state index is 11.4. The largest absolute Gasteiger partial charge is 0.726 e. The smallest absolute Gasteiger partial charge is 0.337 e. The van der Waals surface area contributed by atoms with E-state index in [-0.39, 0.29) is 0 Å². The van der Waals surface area contributed by atoms with Crippen LogP contribution in [0.15, 0.2) is 65.2 Å². The van der Waals surface area contributed by atoms with E-state index in [1.807, 2.05) is 36.1 Å². The first-order chi connectivity index (χ1) is 15.1. The molecule has 0 saturated carbocycles. The van der Waals surface area contributed by atoms with E-state index in [0.717, 1.165) is 12.7 Å². The lowest BCUT2D eigenvalue weighted by atomic mass is 10.2. The van der Waals surface area contributed by atoms with Crippen molar-refractivity contribution < 1.29 is 31.3 Å². The van der Waals surface area contributed by atoms with E-state index in [1.165, 1.54) is 7.11 Å². The predicted molar refractivity (Wildman–Crippen MR) is 112 cm³/mol. The summed E-state index contributed by atoms with van der Waals surface area (Å²) >= 11 is 0. The van der Waals surface area contributed by atoms with Crippen molar-refractivity contribution in [3.05, 3.63) is 66.1 Å². The van der Waals surface area contributed by atoms with E-state index in [4.69, 9.17) is 5.73 Å². The first-order valence-electron chi connectivity index (χ1n) is 9.00. The summed E-state index contributed by atoms with van der Waals surface area (Å²) in [4.78, 5) is 11.4. The summed E-state index contributed by atoms with van der Waals surface area (Å²) in [5.74, 6) is 0.0432. The van der Waals surface area contributed by atoms with Crippen LogP contribution in [0.4, 0.5) is 17.2 Å². The number of benzene rings is 1. The Balaban J connectivity index is 0.000000534. The molecule has 3 rings (SSSR count). The summed E-state index contributed by atoms with van der Waals surface area (Å²) in [6, 6.07) is 10.6. The summed E-state index contributed by atoms with van der Waals surface area (Å²) in [5.41, 5.74) is 8.73. The minimum absolute atomic E-state index is 0.395. The lowest BCUT2D eigenvalue weighted by molar-refractivity contribution is -0.671. The zero-order valence-corrected chi connectivity index (χ0v) is 18.4. The molecular formula is C19H22N6O6S. The van der Waals surface area contributed by atoms with Gasteiger partial charge in [0.05, 0.1) is 38.2 Å². The Kier molecular flexibility index (Phi) is 8.52. The number of anilines is 1. The molecule has 13 heteroatoms. The average Bonchev–Trinajstić information content (AvgIpc) is 3.12. The molecule has 0 fully saturated rings. The molecule has 0 atom stereocenters. The Morgan fingerprint density at radius 2 is 1.75 bits per heavy atom. The van der Waals surface area contributed by atoms with Crippen LogP contribution in [0.2, 0.25) is 0 Å². The molecule has 0 bridgehead atoms. The molecule has 0 amide bonds. The van der Waals surface area contributed by atoms with E-state index in [1.54, 1.807) is 35.1 Å². The Labute approximate surface area is 184 Å². The molecule has 2 aromatic heterocycles. The van der Waals surface area contributed by atoms with E-state index in [0.29, 0.717) is 29.3 Å². The molecule has 0 spiro atoms. The number of aryl methyl sites for hydroxylation is 1. The number of carbonyl (C=O) groups excluding carboxylic acids is 1. The SMILES string of the molecule is COC(=O)c1ccc(N=Nc2cnn(Cc3cc[n+](C)cc3)c2N)cc1.COS(=O)(=O)[O-]. The Morgan fingerprint density at radius 1 is 1.16 bits per heavy atom. The summed E-state index contributed by atoms with van der Waals surface area (Å²) in [6.45, 7) is 0.552. The van der Waals surface area contributed by atoms with Crippen molar-refractivity contribution in [1.82, 2.24) is 9.78 Å². The highest BCUT2D eigenvalue weighted by atomic mass is 32.3. The minimum Gasteiger partial charge on any atom is -0.726 e. The zero-order chi connectivity index (χ0) is 23.7. The highest BCUT2D eigenvalue weighted by molar-refractivity contribution is 7.80. The average molecular weight is 462 g/mol. The topological polar surface area (TPSA) is 165 Å². The van der Waals surface area contributed by atoms with Gasteiger partial charge >= 0.3 is 5.97 Å². The first-order valence-corrected chi connectivity index (χ1v) is 10.3. The van der Waals surface area contributed by atoms with Gasteiger partial charge in [0.1, 0.15) is 18.6 Å². The number of hydrogen-bond donors (Lipinski definition) is 1. The molecule has 0 saturated heterocycles. The standard InChI is InChI=1S/C18H18N6O2.CH4O4S/c1-23-9-7-13(8-10-23)12-24-17(19)16(11-20-24)22-21-15-5-3-14(4-6-15)18(25)26-2;1-5-6(2,3)4/h3-11H,12H2,1-2H3,(H-,19,20,21,25);1H3,(H,2,3,4). The van der Waals surface area contributed by atoms with E-state index >= 15 is 0 Å². The molecule has 1 aromatic carbocycles. The summed E-state index contributed by atoms with van der Waals surface area (Å²) in [7, 11) is -0.304. The van der Waals surface area contributed by atoms with Crippen LogP contribution >= 0.6 is 0 Å². The molecule has 0 unspecified atom stereocenters. The molecule has 2 heterocycles. The van der Waals surface area contributed by atoms with Crippen molar-refractivity contribution in [2.24, 2.45) is 17.3 Å². The third-order valence-electron chi connectivity index (χ3n) is 4.01. The number of nitrogens with zero attached hydrogens (tertiary/aromatic N) is 5. The molecule has 170 valence electrons. The number of esters is 1. The van der Waals surface area contributed by atoms with Crippen LogP contribution in [0.5, 0.6) is 0 Å². The lowest BCUT2D eigenvalue weighted by Crippen LogP contribution is -2.26. The van der Waals surface area contributed by atoms with Crippen LogP contribution in [-0.2, 0) is 32.9 Å². The van der Waals surface area contributed by atoms with Crippen LogP contribution < -0.4 is 10.3 Å². The van der Waals surface area contributed by atoms with Crippen LogP contribution in [0.1, 0.15) is 15.9 Å². The number of ether oxygens (including phenoxy) is 1. The summed E-state index contributed by atoms with van der Waals surface area (Å²) in [6.07, 6.45) is 5.51. The summed E-state index contributed by atoms with van der Waals surface area (Å²) < 4.78 is 39.3. The van der Waals surface area contributed by atoms with Gasteiger partial charge in [0, 0.05) is 12.1 Å². The van der Waals surface area contributed by atoms with Crippen molar-refractivity contribution >= 4 is 33.6 Å².